The van der Waals surface area contributed by atoms with Crippen LogP contribution in [0.25, 0.3) is 0 Å². The van der Waals surface area contributed by atoms with Crippen LogP contribution in [0.3, 0.4) is 0 Å². The summed E-state index contributed by atoms with van der Waals surface area (Å²) in [6.45, 7) is 1.73. The van der Waals surface area contributed by atoms with Crippen LogP contribution in [-0.2, 0) is 6.42 Å². The van der Waals surface area contributed by atoms with Crippen molar-refractivity contribution >= 4 is 0 Å². The van der Waals surface area contributed by atoms with Gasteiger partial charge in [-0.2, -0.15) is 0 Å². The minimum Gasteiger partial charge on any atom is -0.330 e. The molecule has 2 rings (SSSR count). The number of halogens is 2. The number of likely N-dealkylation sites (tertiary alicyclic amines) is 1. The fraction of sp³-hybridized carbons (Fsp3) is 0.571. The van der Waals surface area contributed by atoms with Crippen molar-refractivity contribution in [1.29, 1.82) is 0 Å². The second-order valence-electron chi connectivity index (χ2n) is 5.13. The summed E-state index contributed by atoms with van der Waals surface area (Å²) < 4.78 is 24.5. The van der Waals surface area contributed by atoms with Crippen LogP contribution in [0, 0.1) is 5.92 Å². The van der Waals surface area contributed by atoms with E-state index in [9.17, 15) is 8.78 Å². The second-order valence-corrected chi connectivity index (χ2v) is 5.13. The Labute approximate surface area is 107 Å². The van der Waals surface area contributed by atoms with Crippen LogP contribution in [0.15, 0.2) is 24.3 Å². The summed E-state index contributed by atoms with van der Waals surface area (Å²) in [5, 5.41) is 0. The Bertz CT molecular complexity index is 378. The van der Waals surface area contributed by atoms with E-state index in [1.807, 2.05) is 24.3 Å². The molecular formula is C14H20F2N2. The SMILES string of the molecule is CN1CC(CN)CC1c1ccc(CC(F)F)cc1. The maximum absolute atomic E-state index is 12.3. The van der Waals surface area contributed by atoms with Crippen molar-refractivity contribution in [3.63, 3.8) is 0 Å². The summed E-state index contributed by atoms with van der Waals surface area (Å²) in [6, 6.07) is 7.94. The van der Waals surface area contributed by atoms with Crippen molar-refractivity contribution in [3.05, 3.63) is 35.4 Å². The fourth-order valence-corrected chi connectivity index (χ4v) is 2.72. The summed E-state index contributed by atoms with van der Waals surface area (Å²) in [7, 11) is 2.09. The standard InChI is InChI=1S/C14H20F2N2/c1-18-9-11(8-17)6-13(18)12-4-2-10(3-5-12)7-14(15)16/h2-5,11,13-14H,6-9,17H2,1H3. The van der Waals surface area contributed by atoms with Crippen LogP contribution in [0.4, 0.5) is 8.78 Å². The van der Waals surface area contributed by atoms with Gasteiger partial charge in [-0.3, -0.25) is 4.90 Å². The molecule has 0 saturated carbocycles. The third-order valence-electron chi connectivity index (χ3n) is 3.72. The highest BCUT2D eigenvalue weighted by molar-refractivity contribution is 5.26. The van der Waals surface area contributed by atoms with Crippen LogP contribution in [-0.4, -0.2) is 31.5 Å². The normalized spacial score (nSPS) is 24.9. The van der Waals surface area contributed by atoms with E-state index in [4.69, 9.17) is 5.73 Å². The van der Waals surface area contributed by atoms with Gasteiger partial charge in [-0.15, -0.1) is 0 Å². The van der Waals surface area contributed by atoms with Gasteiger partial charge in [0.15, 0.2) is 0 Å². The summed E-state index contributed by atoms with van der Waals surface area (Å²) in [4.78, 5) is 2.29. The molecule has 0 amide bonds. The number of nitrogens with zero attached hydrogens (tertiary/aromatic N) is 1. The minimum atomic E-state index is -2.27. The van der Waals surface area contributed by atoms with Gasteiger partial charge in [-0.1, -0.05) is 24.3 Å². The van der Waals surface area contributed by atoms with Crippen LogP contribution in [0.2, 0.25) is 0 Å². The molecule has 0 aliphatic carbocycles. The van der Waals surface area contributed by atoms with Gasteiger partial charge in [-0.25, -0.2) is 8.78 Å². The lowest BCUT2D eigenvalue weighted by Crippen LogP contribution is -2.20. The maximum atomic E-state index is 12.3. The molecule has 0 aromatic heterocycles. The molecular weight excluding hydrogens is 234 g/mol. The first kappa shape index (κ1) is 13.4. The molecule has 0 bridgehead atoms. The van der Waals surface area contributed by atoms with E-state index in [2.05, 4.69) is 11.9 Å². The van der Waals surface area contributed by atoms with E-state index >= 15 is 0 Å². The van der Waals surface area contributed by atoms with E-state index in [1.165, 1.54) is 5.56 Å². The summed E-state index contributed by atoms with van der Waals surface area (Å²) in [6.07, 6.45) is -1.38. The van der Waals surface area contributed by atoms with Crippen LogP contribution in [0.5, 0.6) is 0 Å². The van der Waals surface area contributed by atoms with Crippen LogP contribution >= 0.6 is 0 Å². The van der Waals surface area contributed by atoms with Gasteiger partial charge in [0, 0.05) is 19.0 Å². The van der Waals surface area contributed by atoms with E-state index in [0.717, 1.165) is 13.0 Å². The van der Waals surface area contributed by atoms with Crippen molar-refractivity contribution in [2.24, 2.45) is 11.7 Å². The predicted molar refractivity (Wildman–Crippen MR) is 68.7 cm³/mol. The molecule has 1 fully saturated rings. The lowest BCUT2D eigenvalue weighted by molar-refractivity contribution is 0.149. The highest BCUT2D eigenvalue weighted by atomic mass is 19.3. The van der Waals surface area contributed by atoms with Gasteiger partial charge >= 0.3 is 0 Å². The number of hydrogen-bond acceptors (Lipinski definition) is 2. The number of rotatable bonds is 4. The first-order chi connectivity index (χ1) is 8.60. The molecule has 1 heterocycles. The Kier molecular flexibility index (Phi) is 4.30. The zero-order valence-electron chi connectivity index (χ0n) is 10.7. The molecule has 1 aliphatic heterocycles. The minimum absolute atomic E-state index is 0.161. The van der Waals surface area contributed by atoms with Crippen molar-refractivity contribution in [2.75, 3.05) is 20.1 Å². The molecule has 1 aromatic rings. The zero-order valence-corrected chi connectivity index (χ0v) is 10.7. The van der Waals surface area contributed by atoms with E-state index in [0.29, 0.717) is 24.1 Å². The molecule has 0 radical (unpaired) electrons. The average molecular weight is 254 g/mol. The Balaban J connectivity index is 2.05. The number of alkyl halides is 2. The number of nitrogens with two attached hydrogens (primary N) is 1. The molecule has 0 spiro atoms. The fourth-order valence-electron chi connectivity index (χ4n) is 2.72. The quantitative estimate of drug-likeness (QED) is 0.894. The number of benzene rings is 1. The molecule has 2 nitrogen and oxygen atoms in total. The maximum Gasteiger partial charge on any atom is 0.242 e. The van der Waals surface area contributed by atoms with Crippen molar-refractivity contribution in [2.45, 2.75) is 25.3 Å². The molecule has 2 atom stereocenters. The Morgan fingerprint density at radius 2 is 2.00 bits per heavy atom. The van der Waals surface area contributed by atoms with E-state index < -0.39 is 6.43 Å². The lowest BCUT2D eigenvalue weighted by atomic mass is 9.98. The van der Waals surface area contributed by atoms with Crippen LogP contribution in [0.1, 0.15) is 23.6 Å². The van der Waals surface area contributed by atoms with E-state index in [-0.39, 0.29) is 6.42 Å². The molecule has 1 aliphatic rings. The van der Waals surface area contributed by atoms with Gasteiger partial charge < -0.3 is 5.73 Å². The van der Waals surface area contributed by atoms with Crippen molar-refractivity contribution in [1.82, 2.24) is 4.90 Å². The molecule has 18 heavy (non-hydrogen) atoms. The lowest BCUT2D eigenvalue weighted by Gasteiger charge is -2.19. The van der Waals surface area contributed by atoms with Crippen LogP contribution < -0.4 is 5.73 Å². The van der Waals surface area contributed by atoms with E-state index in [1.54, 1.807) is 0 Å². The first-order valence-corrected chi connectivity index (χ1v) is 6.37. The molecule has 2 unspecified atom stereocenters. The third-order valence-corrected chi connectivity index (χ3v) is 3.72. The van der Waals surface area contributed by atoms with Gasteiger partial charge in [0.2, 0.25) is 6.43 Å². The summed E-state index contributed by atoms with van der Waals surface area (Å²) in [5.74, 6) is 0.542. The molecule has 4 heteroatoms. The largest absolute Gasteiger partial charge is 0.330 e. The highest BCUT2D eigenvalue weighted by Crippen LogP contribution is 2.33. The zero-order chi connectivity index (χ0) is 13.1. The van der Waals surface area contributed by atoms with Crippen molar-refractivity contribution < 1.29 is 8.78 Å². The smallest absolute Gasteiger partial charge is 0.242 e. The van der Waals surface area contributed by atoms with Gasteiger partial charge in [0.05, 0.1) is 0 Å². The second kappa shape index (κ2) is 5.76. The molecule has 2 N–H and O–H groups in total. The molecule has 1 saturated heterocycles. The summed E-state index contributed by atoms with van der Waals surface area (Å²) in [5.41, 5.74) is 7.60. The van der Waals surface area contributed by atoms with Gasteiger partial charge in [0.1, 0.15) is 0 Å². The molecule has 1 aromatic carbocycles. The van der Waals surface area contributed by atoms with Gasteiger partial charge in [0.25, 0.3) is 0 Å². The van der Waals surface area contributed by atoms with Crippen molar-refractivity contribution in [3.8, 4) is 0 Å². The first-order valence-electron chi connectivity index (χ1n) is 6.37. The third kappa shape index (κ3) is 3.06. The summed E-state index contributed by atoms with van der Waals surface area (Å²) >= 11 is 0. The monoisotopic (exact) mass is 254 g/mol. The average Bonchev–Trinajstić information content (AvgIpc) is 2.71. The Morgan fingerprint density at radius 3 is 2.50 bits per heavy atom. The number of hydrogen-bond donors (Lipinski definition) is 1. The van der Waals surface area contributed by atoms with Gasteiger partial charge in [-0.05, 0) is 37.1 Å². The molecule has 100 valence electrons. The topological polar surface area (TPSA) is 29.3 Å². The Hall–Kier alpha value is -1.00. The Morgan fingerprint density at radius 1 is 1.33 bits per heavy atom. The highest BCUT2D eigenvalue weighted by Gasteiger charge is 2.29. The predicted octanol–water partition coefficient (Wildman–Crippen LogP) is 2.45.